The summed E-state index contributed by atoms with van der Waals surface area (Å²) in [6.07, 6.45) is 4.46. The molecule has 8 nitrogen and oxygen atoms in total. The molecule has 0 aliphatic carbocycles. The Morgan fingerprint density at radius 1 is 1.26 bits per heavy atom. The van der Waals surface area contributed by atoms with Gasteiger partial charge in [-0.3, -0.25) is 14.9 Å². The maximum Gasteiger partial charge on any atom is 0.276 e. The van der Waals surface area contributed by atoms with Crippen LogP contribution in [0.1, 0.15) is 11.1 Å². The summed E-state index contributed by atoms with van der Waals surface area (Å²) >= 11 is 0. The minimum absolute atomic E-state index is 0.0375. The number of nitrogens with zero attached hydrogens (tertiary/aromatic N) is 3. The minimum Gasteiger partial charge on any atom is -0.378 e. The van der Waals surface area contributed by atoms with E-state index in [1.165, 1.54) is 18.2 Å². The molecule has 1 amide bonds. The first-order valence-electron chi connectivity index (χ1n) is 8.60. The summed E-state index contributed by atoms with van der Waals surface area (Å²) in [5.74, 6) is 0.565. The molecule has 2 heterocycles. The van der Waals surface area contributed by atoms with E-state index in [9.17, 15) is 14.9 Å². The highest BCUT2D eigenvalue weighted by Crippen LogP contribution is 2.18. The van der Waals surface area contributed by atoms with Crippen molar-refractivity contribution in [3.05, 3.63) is 69.9 Å². The number of hydrogen-bond acceptors (Lipinski definition) is 6. The topological polar surface area (TPSA) is 97.6 Å². The van der Waals surface area contributed by atoms with Crippen molar-refractivity contribution in [1.82, 2.24) is 10.3 Å². The Bertz CT molecular complexity index is 830. The van der Waals surface area contributed by atoms with Crippen molar-refractivity contribution < 1.29 is 14.5 Å². The lowest BCUT2D eigenvalue weighted by molar-refractivity contribution is -0.385. The Balaban J connectivity index is 1.54. The summed E-state index contributed by atoms with van der Waals surface area (Å²) in [6.45, 7) is 3.37. The first-order valence-corrected chi connectivity index (χ1v) is 8.60. The number of pyridine rings is 1. The van der Waals surface area contributed by atoms with Gasteiger partial charge in [0.2, 0.25) is 5.91 Å². The molecule has 8 heteroatoms. The standard InChI is InChI=1S/C19H20N4O4/c24-19(8-6-16-3-1-2-4-17(16)23(25)26)21-14-15-5-7-18(20-13-15)22-9-11-27-12-10-22/h1-8,13H,9-12,14H2,(H,21,24)/b8-6+. The highest BCUT2D eigenvalue weighted by Gasteiger charge is 2.12. The number of ether oxygens (including phenoxy) is 1. The molecule has 1 N–H and O–H groups in total. The first kappa shape index (κ1) is 18.5. The summed E-state index contributed by atoms with van der Waals surface area (Å²) in [6, 6.07) is 10.1. The van der Waals surface area contributed by atoms with E-state index in [1.54, 1.807) is 24.4 Å². The summed E-state index contributed by atoms with van der Waals surface area (Å²) in [5, 5.41) is 13.7. The quantitative estimate of drug-likeness (QED) is 0.477. The Kier molecular flexibility index (Phi) is 6.11. The first-order chi connectivity index (χ1) is 13.1. The van der Waals surface area contributed by atoms with Gasteiger partial charge in [-0.1, -0.05) is 18.2 Å². The van der Waals surface area contributed by atoms with E-state index in [0.29, 0.717) is 25.3 Å². The fraction of sp³-hybridized carbons (Fsp3) is 0.263. The van der Waals surface area contributed by atoms with Gasteiger partial charge in [0, 0.05) is 38.0 Å². The van der Waals surface area contributed by atoms with E-state index < -0.39 is 4.92 Å². The molecule has 3 rings (SSSR count). The van der Waals surface area contributed by atoms with Crippen LogP contribution in [0, 0.1) is 10.1 Å². The minimum atomic E-state index is -0.473. The molecule has 1 aromatic heterocycles. The number of morpholine rings is 1. The number of nitrogens with one attached hydrogen (secondary N) is 1. The molecular weight excluding hydrogens is 348 g/mol. The predicted molar refractivity (Wildman–Crippen MR) is 101 cm³/mol. The molecule has 0 atom stereocenters. The fourth-order valence-electron chi connectivity index (χ4n) is 2.71. The number of carbonyl (C=O) groups is 1. The highest BCUT2D eigenvalue weighted by atomic mass is 16.6. The molecule has 2 aromatic rings. The lowest BCUT2D eigenvalue weighted by Crippen LogP contribution is -2.36. The Hall–Kier alpha value is -3.26. The molecule has 0 bridgehead atoms. The van der Waals surface area contributed by atoms with Crippen LogP contribution in [0.5, 0.6) is 0 Å². The van der Waals surface area contributed by atoms with Crippen LogP contribution in [0.25, 0.3) is 6.08 Å². The lowest BCUT2D eigenvalue weighted by atomic mass is 10.1. The van der Waals surface area contributed by atoms with E-state index >= 15 is 0 Å². The normalized spacial score (nSPS) is 14.3. The van der Waals surface area contributed by atoms with Gasteiger partial charge in [-0.2, -0.15) is 0 Å². The van der Waals surface area contributed by atoms with Gasteiger partial charge in [-0.05, 0) is 23.8 Å². The van der Waals surface area contributed by atoms with Crippen molar-refractivity contribution in [1.29, 1.82) is 0 Å². The van der Waals surface area contributed by atoms with E-state index in [4.69, 9.17) is 4.74 Å². The third-order valence-electron chi connectivity index (χ3n) is 4.16. The Morgan fingerprint density at radius 2 is 2.04 bits per heavy atom. The summed E-state index contributed by atoms with van der Waals surface area (Å²) in [5.41, 5.74) is 1.22. The predicted octanol–water partition coefficient (Wildman–Crippen LogP) is 2.16. The Morgan fingerprint density at radius 3 is 2.74 bits per heavy atom. The summed E-state index contributed by atoms with van der Waals surface area (Å²) < 4.78 is 5.32. The van der Waals surface area contributed by atoms with Gasteiger partial charge in [0.25, 0.3) is 5.69 Å². The maximum absolute atomic E-state index is 12.0. The second-order valence-electron chi connectivity index (χ2n) is 5.99. The van der Waals surface area contributed by atoms with Crippen molar-refractivity contribution in [3.63, 3.8) is 0 Å². The number of nitro groups is 1. The second kappa shape index (κ2) is 8.91. The molecule has 1 aliphatic heterocycles. The van der Waals surface area contributed by atoms with Crippen LogP contribution < -0.4 is 10.2 Å². The van der Waals surface area contributed by atoms with Crippen LogP contribution in [-0.4, -0.2) is 42.1 Å². The zero-order valence-corrected chi connectivity index (χ0v) is 14.7. The van der Waals surface area contributed by atoms with Crippen molar-refractivity contribution in [2.45, 2.75) is 6.54 Å². The van der Waals surface area contributed by atoms with Gasteiger partial charge in [0.15, 0.2) is 0 Å². The number of hydrogen-bond donors (Lipinski definition) is 1. The van der Waals surface area contributed by atoms with Gasteiger partial charge in [0.05, 0.1) is 23.7 Å². The van der Waals surface area contributed by atoms with Crippen molar-refractivity contribution in [2.75, 3.05) is 31.2 Å². The van der Waals surface area contributed by atoms with Gasteiger partial charge >= 0.3 is 0 Å². The monoisotopic (exact) mass is 368 g/mol. The molecule has 0 saturated carbocycles. The third-order valence-corrected chi connectivity index (χ3v) is 4.16. The molecule has 0 spiro atoms. The second-order valence-corrected chi connectivity index (χ2v) is 5.99. The van der Waals surface area contributed by atoms with Crippen LogP contribution >= 0.6 is 0 Å². The smallest absolute Gasteiger partial charge is 0.276 e. The van der Waals surface area contributed by atoms with Gasteiger partial charge in [0.1, 0.15) is 5.82 Å². The number of carbonyl (C=O) groups excluding carboxylic acids is 1. The van der Waals surface area contributed by atoms with Crippen molar-refractivity contribution in [3.8, 4) is 0 Å². The zero-order valence-electron chi connectivity index (χ0n) is 14.7. The average molecular weight is 368 g/mol. The molecular formula is C19H20N4O4. The third kappa shape index (κ3) is 5.11. The molecule has 27 heavy (non-hydrogen) atoms. The highest BCUT2D eigenvalue weighted by molar-refractivity contribution is 5.92. The molecule has 1 aromatic carbocycles. The fourth-order valence-corrected chi connectivity index (χ4v) is 2.71. The molecule has 1 aliphatic rings. The van der Waals surface area contributed by atoms with Crippen LogP contribution in [0.4, 0.5) is 11.5 Å². The summed E-state index contributed by atoms with van der Waals surface area (Å²) in [7, 11) is 0. The number of rotatable bonds is 6. The van der Waals surface area contributed by atoms with E-state index in [2.05, 4.69) is 15.2 Å². The molecule has 1 fully saturated rings. The number of anilines is 1. The number of nitro benzene ring substituents is 1. The van der Waals surface area contributed by atoms with Crippen LogP contribution in [0.2, 0.25) is 0 Å². The van der Waals surface area contributed by atoms with Crippen LogP contribution in [0.15, 0.2) is 48.7 Å². The van der Waals surface area contributed by atoms with E-state index in [0.717, 1.165) is 24.5 Å². The summed E-state index contributed by atoms with van der Waals surface area (Å²) in [4.78, 5) is 29.1. The lowest BCUT2D eigenvalue weighted by Gasteiger charge is -2.27. The molecule has 0 unspecified atom stereocenters. The van der Waals surface area contributed by atoms with Crippen LogP contribution in [-0.2, 0) is 16.1 Å². The number of benzene rings is 1. The zero-order chi connectivity index (χ0) is 19.1. The van der Waals surface area contributed by atoms with Crippen LogP contribution in [0.3, 0.4) is 0 Å². The maximum atomic E-state index is 12.0. The van der Waals surface area contributed by atoms with E-state index in [-0.39, 0.29) is 11.6 Å². The number of aromatic nitrogens is 1. The SMILES string of the molecule is O=C(/C=C/c1ccccc1[N+](=O)[O-])NCc1ccc(N2CCOCC2)nc1. The molecule has 1 saturated heterocycles. The van der Waals surface area contributed by atoms with Gasteiger partial charge < -0.3 is 15.0 Å². The number of amides is 1. The Labute approximate surface area is 156 Å². The average Bonchev–Trinajstić information content (AvgIpc) is 2.72. The molecule has 0 radical (unpaired) electrons. The van der Waals surface area contributed by atoms with E-state index in [1.807, 2.05) is 12.1 Å². The largest absolute Gasteiger partial charge is 0.378 e. The van der Waals surface area contributed by atoms with Crippen molar-refractivity contribution >= 4 is 23.5 Å². The van der Waals surface area contributed by atoms with Gasteiger partial charge in [-0.15, -0.1) is 0 Å². The van der Waals surface area contributed by atoms with Crippen molar-refractivity contribution in [2.24, 2.45) is 0 Å². The van der Waals surface area contributed by atoms with Gasteiger partial charge in [-0.25, -0.2) is 4.98 Å². The molecule has 140 valence electrons. The number of para-hydroxylation sites is 1.